The molecule has 5 aliphatic carbocycles. The Morgan fingerprint density at radius 1 is 0.982 bits per heavy atom. The number of methoxy groups -OCH3 is 1. The van der Waals surface area contributed by atoms with Crippen LogP contribution in [-0.4, -0.2) is 57.9 Å². The molecule has 0 bridgehead atoms. The van der Waals surface area contributed by atoms with Crippen LogP contribution in [-0.2, 0) is 28.7 Å². The van der Waals surface area contributed by atoms with Gasteiger partial charge in [-0.3, -0.25) is 4.79 Å². The molecule has 0 saturated heterocycles. The Morgan fingerprint density at radius 3 is 2.38 bits per heavy atom. The van der Waals surface area contributed by atoms with Crippen molar-refractivity contribution < 1.29 is 33.4 Å². The van der Waals surface area contributed by atoms with Crippen molar-refractivity contribution in [1.29, 1.82) is 0 Å². The number of ketones is 1. The number of benzene rings is 1. The zero-order valence-electron chi connectivity index (χ0n) is 34.5. The molecule has 0 unspecified atom stereocenters. The zero-order chi connectivity index (χ0) is 39.5. The van der Waals surface area contributed by atoms with E-state index in [1.807, 2.05) is 25.1 Å². The summed E-state index contributed by atoms with van der Waals surface area (Å²) in [5.41, 5.74) is 6.57. The number of fused-ring (bicyclic) bond motifs is 7. The fourth-order valence-electron chi connectivity index (χ4n) is 12.3. The predicted octanol–water partition coefficient (Wildman–Crippen LogP) is 8.98. The molecular formula is C45H64ClNO7Se. The number of allylic oxidation sites excluding steroid dienone is 2. The first-order chi connectivity index (χ1) is 25.3. The van der Waals surface area contributed by atoms with E-state index in [4.69, 9.17) is 19.9 Å². The number of esters is 3. The van der Waals surface area contributed by atoms with Crippen molar-refractivity contribution in [3.63, 3.8) is 0 Å². The minimum absolute atomic E-state index is 0. The topological polar surface area (TPSA) is 122 Å². The van der Waals surface area contributed by atoms with Gasteiger partial charge in [0.15, 0.2) is 0 Å². The number of hydrogen-bond acceptors (Lipinski definition) is 8. The molecule has 304 valence electrons. The average molecular weight is 845 g/mol. The van der Waals surface area contributed by atoms with Crippen molar-refractivity contribution in [2.24, 2.45) is 56.0 Å². The van der Waals surface area contributed by atoms with Gasteiger partial charge in [-0.15, -0.1) is 12.4 Å². The second-order valence-electron chi connectivity index (χ2n) is 19.2. The van der Waals surface area contributed by atoms with E-state index in [1.165, 1.54) is 18.8 Å². The summed E-state index contributed by atoms with van der Waals surface area (Å²) in [6.07, 6.45) is 13.3. The van der Waals surface area contributed by atoms with E-state index in [0.717, 1.165) is 62.2 Å². The molecule has 0 aliphatic heterocycles. The van der Waals surface area contributed by atoms with Crippen molar-refractivity contribution >= 4 is 57.1 Å². The van der Waals surface area contributed by atoms with Gasteiger partial charge in [-0.05, 0) is 74.1 Å². The van der Waals surface area contributed by atoms with Crippen molar-refractivity contribution in [2.75, 3.05) is 7.11 Å². The minimum atomic E-state index is -0.717. The summed E-state index contributed by atoms with van der Waals surface area (Å²) >= 11 is 0.468. The molecule has 0 amide bonds. The second-order valence-corrected chi connectivity index (χ2v) is 21.3. The standard InChI is InChI=1S/C45H63NO7Se.ClH/c1-40(2)34-15-19-45(7)37(43(34,5)18-16-35(40)53-38(49)32(46)17-24-54-9)33(47)26-30-31-27-42(4,21-20-41(31,3)22-23-44(30,45)6)39(50)52-29-12-10-11-28(25-29)13-14-36(48)51-8;/h10-14,25-26,31-32,34-35,37H,15-24,27,46H2,1-9H3;1H/b14-13+;/t31-,32+,34+,35+,37-,41-,42+,43+,44-,45-;/m1./s1. The smallest absolute Gasteiger partial charge is 0.147 e. The third-order valence-electron chi connectivity index (χ3n) is 15.9. The molecule has 8 nitrogen and oxygen atoms in total. The zero-order valence-corrected chi connectivity index (χ0v) is 37.0. The Bertz CT molecular complexity index is 1740. The van der Waals surface area contributed by atoms with E-state index in [0.29, 0.717) is 33.5 Å². The SMILES string of the molecule is COC(=O)/C=C/c1cccc(OC(=O)[C@@]2(C)CC[C@]3(C)CC[C@]4(C)C(=CC(=O)[C@@H]5[C@@]6(C)CC[C@H](OC(=O)[C@@H](N)CC[Se]C)C(C)(C)[C@@H]6CC[C@]54C)[C@H]3C2)c1.Cl. The first kappa shape index (κ1) is 43.7. The van der Waals surface area contributed by atoms with Crippen LogP contribution in [0.1, 0.15) is 118 Å². The summed E-state index contributed by atoms with van der Waals surface area (Å²) in [6, 6.07) is 6.59. The third kappa shape index (κ3) is 7.43. The Kier molecular flexibility index (Phi) is 12.5. The Balaban J connectivity index is 0.00000580. The van der Waals surface area contributed by atoms with Gasteiger partial charge in [0.05, 0.1) is 12.5 Å². The summed E-state index contributed by atoms with van der Waals surface area (Å²) in [5, 5.41) is 0.964. The van der Waals surface area contributed by atoms with Crippen molar-refractivity contribution in [3.05, 3.63) is 47.6 Å². The van der Waals surface area contributed by atoms with E-state index >= 15 is 0 Å². The van der Waals surface area contributed by atoms with E-state index in [9.17, 15) is 19.2 Å². The summed E-state index contributed by atoms with van der Waals surface area (Å²) in [5.74, 6) is 2.03. The Labute approximate surface area is 341 Å². The van der Waals surface area contributed by atoms with E-state index in [1.54, 1.807) is 18.2 Å². The number of rotatable bonds is 9. The molecule has 1 aromatic carbocycles. The van der Waals surface area contributed by atoms with Gasteiger partial charge in [0.2, 0.25) is 0 Å². The molecule has 0 spiro atoms. The number of carbonyl (C=O) groups excluding carboxylic acids is 4. The van der Waals surface area contributed by atoms with E-state index in [-0.39, 0.29) is 81.1 Å². The minimum Gasteiger partial charge on any atom is -0.147 e. The van der Waals surface area contributed by atoms with Crippen molar-refractivity contribution in [2.45, 2.75) is 136 Å². The summed E-state index contributed by atoms with van der Waals surface area (Å²) in [7, 11) is 1.33. The van der Waals surface area contributed by atoms with Gasteiger partial charge in [-0.25, -0.2) is 4.79 Å². The first-order valence-corrected chi connectivity index (χ1v) is 23.0. The normalized spacial score (nSPS) is 38.1. The van der Waals surface area contributed by atoms with Crippen molar-refractivity contribution in [3.8, 4) is 5.75 Å². The number of carbonyl (C=O) groups is 4. The number of halogens is 1. The van der Waals surface area contributed by atoms with Crippen molar-refractivity contribution in [1.82, 2.24) is 0 Å². The van der Waals surface area contributed by atoms with Crippen LogP contribution in [0.15, 0.2) is 42.0 Å². The molecule has 10 heteroatoms. The van der Waals surface area contributed by atoms with Gasteiger partial charge in [0.25, 0.3) is 0 Å². The van der Waals surface area contributed by atoms with Crippen LogP contribution in [0.3, 0.4) is 0 Å². The molecule has 6 rings (SSSR count). The van der Waals surface area contributed by atoms with Crippen LogP contribution in [0.2, 0.25) is 11.1 Å². The Hall–Kier alpha value is -2.45. The molecular weight excluding hydrogens is 781 g/mol. The van der Waals surface area contributed by atoms with Gasteiger partial charge >= 0.3 is 181 Å². The predicted molar refractivity (Wildman–Crippen MR) is 219 cm³/mol. The van der Waals surface area contributed by atoms with Crippen LogP contribution < -0.4 is 10.5 Å². The molecule has 0 radical (unpaired) electrons. The molecule has 10 atom stereocenters. The van der Waals surface area contributed by atoms with Crippen LogP contribution in [0.5, 0.6) is 5.75 Å². The monoisotopic (exact) mass is 845 g/mol. The molecule has 0 heterocycles. The number of ether oxygens (including phenoxy) is 3. The molecule has 4 fully saturated rings. The molecule has 4 saturated carbocycles. The molecule has 55 heavy (non-hydrogen) atoms. The molecule has 1 aromatic rings. The fourth-order valence-corrected chi connectivity index (χ4v) is 13.3. The van der Waals surface area contributed by atoms with E-state index in [2.05, 4.69) is 47.4 Å². The van der Waals surface area contributed by atoms with Crippen LogP contribution in [0.25, 0.3) is 6.08 Å². The molecule has 0 aromatic heterocycles. The summed E-state index contributed by atoms with van der Waals surface area (Å²) in [4.78, 5) is 53.7. The summed E-state index contributed by atoms with van der Waals surface area (Å²) in [6.45, 7) is 16.1. The van der Waals surface area contributed by atoms with Crippen LogP contribution >= 0.6 is 12.4 Å². The fraction of sp³-hybridized carbons (Fsp3) is 0.689. The quantitative estimate of drug-likeness (QED) is 0.113. The second kappa shape index (κ2) is 15.7. The van der Waals surface area contributed by atoms with Gasteiger partial charge < -0.3 is 9.47 Å². The number of hydrogen-bond donors (Lipinski definition) is 1. The van der Waals surface area contributed by atoms with Crippen LogP contribution in [0, 0.1) is 50.2 Å². The third-order valence-corrected chi connectivity index (χ3v) is 17.2. The van der Waals surface area contributed by atoms with Gasteiger partial charge in [-0.2, -0.15) is 0 Å². The van der Waals surface area contributed by atoms with Crippen LogP contribution in [0.4, 0.5) is 0 Å². The first-order valence-electron chi connectivity index (χ1n) is 20.1. The average Bonchev–Trinajstić information content (AvgIpc) is 3.12. The maximum absolute atomic E-state index is 14.9. The Morgan fingerprint density at radius 2 is 1.69 bits per heavy atom. The molecule has 5 aliphatic rings. The van der Waals surface area contributed by atoms with E-state index < -0.39 is 17.4 Å². The summed E-state index contributed by atoms with van der Waals surface area (Å²) < 4.78 is 17.0. The van der Waals surface area contributed by atoms with Gasteiger partial charge in [0.1, 0.15) is 5.75 Å². The van der Waals surface area contributed by atoms with Gasteiger partial charge in [0, 0.05) is 6.08 Å². The van der Waals surface area contributed by atoms with Gasteiger partial charge in [-0.1, -0.05) is 31.6 Å². The number of nitrogens with two attached hydrogens (primary N) is 1. The maximum atomic E-state index is 14.9. The molecule has 2 N–H and O–H groups in total.